The van der Waals surface area contributed by atoms with Gasteiger partial charge in [0.1, 0.15) is 11.6 Å². The Bertz CT molecular complexity index is 892. The van der Waals surface area contributed by atoms with E-state index in [0.29, 0.717) is 10.9 Å². The molecule has 130 valence electrons. The molecule has 2 N–H and O–H groups in total. The van der Waals surface area contributed by atoms with Crippen LogP contribution in [0.25, 0.3) is 22.4 Å². The number of imidazole rings is 1. The number of aromatic nitrogens is 3. The van der Waals surface area contributed by atoms with E-state index in [4.69, 9.17) is 11.6 Å². The van der Waals surface area contributed by atoms with Crippen LogP contribution in [0.3, 0.4) is 0 Å². The van der Waals surface area contributed by atoms with Crippen LogP contribution >= 0.6 is 11.6 Å². The van der Waals surface area contributed by atoms with Gasteiger partial charge in [-0.25, -0.2) is 9.97 Å². The second-order valence-corrected chi connectivity index (χ2v) is 7.63. The number of aliphatic hydroxyl groups excluding tert-OH is 1. The molecule has 0 amide bonds. The number of rotatable bonds is 3. The number of fused-ring (bicyclic) bond motifs is 1. The number of benzene rings is 1. The summed E-state index contributed by atoms with van der Waals surface area (Å²) < 4.78 is 0. The number of anilines is 1. The minimum Gasteiger partial charge on any atom is -0.396 e. The molecule has 0 bridgehead atoms. The summed E-state index contributed by atoms with van der Waals surface area (Å²) in [6.45, 7) is 6.11. The summed E-state index contributed by atoms with van der Waals surface area (Å²) in [6, 6.07) is 9.89. The second-order valence-electron chi connectivity index (χ2n) is 7.22. The first-order valence-corrected chi connectivity index (χ1v) is 8.84. The van der Waals surface area contributed by atoms with Gasteiger partial charge in [0.25, 0.3) is 0 Å². The highest BCUT2D eigenvalue weighted by Gasteiger charge is 2.40. The molecule has 25 heavy (non-hydrogen) atoms. The van der Waals surface area contributed by atoms with Crippen molar-refractivity contribution in [1.82, 2.24) is 15.0 Å². The first-order valence-electron chi connectivity index (χ1n) is 8.47. The van der Waals surface area contributed by atoms with Crippen LogP contribution in [0.15, 0.2) is 36.5 Å². The lowest BCUT2D eigenvalue weighted by molar-refractivity contribution is 0.125. The van der Waals surface area contributed by atoms with Crippen LogP contribution in [-0.2, 0) is 0 Å². The molecule has 1 aliphatic rings. The van der Waals surface area contributed by atoms with Crippen molar-refractivity contribution in [3.63, 3.8) is 0 Å². The lowest BCUT2D eigenvalue weighted by Gasteiger charge is -2.25. The Hall–Kier alpha value is -2.11. The van der Waals surface area contributed by atoms with Crippen LogP contribution in [0, 0.1) is 11.3 Å². The van der Waals surface area contributed by atoms with Gasteiger partial charge in [0, 0.05) is 30.3 Å². The fourth-order valence-electron chi connectivity index (χ4n) is 3.45. The summed E-state index contributed by atoms with van der Waals surface area (Å²) in [5.41, 5.74) is 2.62. The van der Waals surface area contributed by atoms with E-state index in [-0.39, 0.29) is 12.0 Å². The lowest BCUT2D eigenvalue weighted by Crippen LogP contribution is -2.30. The average molecular weight is 357 g/mol. The van der Waals surface area contributed by atoms with E-state index < -0.39 is 0 Å². The molecule has 4 rings (SSSR count). The highest BCUT2D eigenvalue weighted by atomic mass is 35.5. The van der Waals surface area contributed by atoms with E-state index in [1.807, 2.05) is 30.3 Å². The second kappa shape index (κ2) is 6.00. The van der Waals surface area contributed by atoms with Gasteiger partial charge in [-0.05, 0) is 24.1 Å². The third kappa shape index (κ3) is 2.77. The monoisotopic (exact) mass is 356 g/mol. The molecule has 0 aliphatic carbocycles. The Morgan fingerprint density at radius 3 is 2.92 bits per heavy atom. The molecule has 0 spiro atoms. The molecule has 3 aromatic rings. The quantitative estimate of drug-likeness (QED) is 0.750. The highest BCUT2D eigenvalue weighted by molar-refractivity contribution is 6.33. The normalized spacial score (nSPS) is 23.5. The van der Waals surface area contributed by atoms with Crippen molar-refractivity contribution >= 4 is 28.5 Å². The van der Waals surface area contributed by atoms with Gasteiger partial charge in [-0.2, -0.15) is 0 Å². The molecular formula is C19H21ClN4O. The Kier molecular flexibility index (Phi) is 3.93. The molecule has 3 heterocycles. The lowest BCUT2D eigenvalue weighted by atomic mass is 9.82. The van der Waals surface area contributed by atoms with Gasteiger partial charge in [0.15, 0.2) is 0 Å². The van der Waals surface area contributed by atoms with Crippen molar-refractivity contribution in [2.45, 2.75) is 13.8 Å². The number of H-pyrrole nitrogens is 1. The summed E-state index contributed by atoms with van der Waals surface area (Å²) in [6.07, 6.45) is 1.68. The number of hydrogen-bond donors (Lipinski definition) is 2. The maximum absolute atomic E-state index is 9.73. The number of aromatic amines is 1. The molecular weight excluding hydrogens is 336 g/mol. The molecule has 2 unspecified atom stereocenters. The smallest absolute Gasteiger partial charge is 0.140 e. The van der Waals surface area contributed by atoms with Gasteiger partial charge in [-0.3, -0.25) is 0 Å². The minimum atomic E-state index is -0.110. The number of nitrogens with zero attached hydrogens (tertiary/aromatic N) is 3. The Morgan fingerprint density at radius 2 is 2.20 bits per heavy atom. The summed E-state index contributed by atoms with van der Waals surface area (Å²) in [5.74, 6) is 2.00. The Labute approximate surface area is 151 Å². The van der Waals surface area contributed by atoms with Crippen molar-refractivity contribution in [2.24, 2.45) is 11.3 Å². The summed E-state index contributed by atoms with van der Waals surface area (Å²) >= 11 is 6.40. The molecule has 1 aliphatic heterocycles. The average Bonchev–Trinajstić information content (AvgIpc) is 3.17. The zero-order valence-electron chi connectivity index (χ0n) is 14.3. The SMILES string of the molecule is CC1CN(c2cc(-c3nc4ccccc4[nH]3)c(Cl)cn2)CC1(C)CO. The number of nitrogens with one attached hydrogen (secondary N) is 1. The van der Waals surface area contributed by atoms with Crippen LogP contribution in [0.4, 0.5) is 5.82 Å². The fourth-order valence-corrected chi connectivity index (χ4v) is 3.64. The minimum absolute atomic E-state index is 0.110. The Balaban J connectivity index is 1.72. The Morgan fingerprint density at radius 1 is 1.40 bits per heavy atom. The zero-order valence-corrected chi connectivity index (χ0v) is 15.1. The largest absolute Gasteiger partial charge is 0.396 e. The van der Waals surface area contributed by atoms with E-state index in [1.54, 1.807) is 6.20 Å². The number of halogens is 1. The van der Waals surface area contributed by atoms with Crippen molar-refractivity contribution in [2.75, 3.05) is 24.6 Å². The van der Waals surface area contributed by atoms with Gasteiger partial charge in [-0.15, -0.1) is 0 Å². The number of pyridine rings is 1. The van der Waals surface area contributed by atoms with Crippen molar-refractivity contribution in [3.05, 3.63) is 41.6 Å². The van der Waals surface area contributed by atoms with Gasteiger partial charge in [0.2, 0.25) is 0 Å². The highest BCUT2D eigenvalue weighted by Crippen LogP contribution is 2.38. The third-order valence-electron chi connectivity index (χ3n) is 5.41. The van der Waals surface area contributed by atoms with Gasteiger partial charge in [0.05, 0.1) is 22.7 Å². The van der Waals surface area contributed by atoms with Gasteiger partial charge < -0.3 is 15.0 Å². The van der Waals surface area contributed by atoms with E-state index in [0.717, 1.165) is 41.3 Å². The molecule has 1 saturated heterocycles. The topological polar surface area (TPSA) is 65.0 Å². The van der Waals surface area contributed by atoms with E-state index in [2.05, 4.69) is 33.7 Å². The van der Waals surface area contributed by atoms with Crippen LogP contribution in [0.2, 0.25) is 5.02 Å². The summed E-state index contributed by atoms with van der Waals surface area (Å²) in [5, 5.41) is 10.3. The van der Waals surface area contributed by atoms with Crippen molar-refractivity contribution in [1.29, 1.82) is 0 Å². The molecule has 6 heteroatoms. The van der Waals surface area contributed by atoms with E-state index >= 15 is 0 Å². The van der Waals surface area contributed by atoms with Crippen molar-refractivity contribution in [3.8, 4) is 11.4 Å². The first kappa shape index (κ1) is 16.4. The van der Waals surface area contributed by atoms with Gasteiger partial charge >= 0.3 is 0 Å². The summed E-state index contributed by atoms with van der Waals surface area (Å²) in [4.78, 5) is 14.7. The van der Waals surface area contributed by atoms with E-state index in [9.17, 15) is 5.11 Å². The number of aliphatic hydroxyl groups is 1. The molecule has 2 aromatic heterocycles. The molecule has 0 radical (unpaired) electrons. The maximum atomic E-state index is 9.73. The third-order valence-corrected chi connectivity index (χ3v) is 5.71. The molecule has 0 saturated carbocycles. The molecule has 1 aromatic carbocycles. The predicted molar refractivity (Wildman–Crippen MR) is 101 cm³/mol. The molecule has 5 nitrogen and oxygen atoms in total. The number of para-hydroxylation sites is 2. The van der Waals surface area contributed by atoms with Gasteiger partial charge in [-0.1, -0.05) is 37.6 Å². The van der Waals surface area contributed by atoms with Crippen LogP contribution in [0.5, 0.6) is 0 Å². The molecule has 1 fully saturated rings. The standard InChI is InChI=1S/C19H21ClN4O/c1-12-9-24(10-19(12,2)11-25)17-7-13(14(20)8-21-17)18-22-15-5-3-4-6-16(15)23-18/h3-8,12,25H,9-11H2,1-2H3,(H,22,23). The van der Waals surface area contributed by atoms with Crippen LogP contribution in [0.1, 0.15) is 13.8 Å². The summed E-state index contributed by atoms with van der Waals surface area (Å²) in [7, 11) is 0. The van der Waals surface area contributed by atoms with E-state index in [1.165, 1.54) is 0 Å². The predicted octanol–water partition coefficient (Wildman–Crippen LogP) is 3.73. The maximum Gasteiger partial charge on any atom is 0.140 e. The number of hydrogen-bond acceptors (Lipinski definition) is 4. The fraction of sp³-hybridized carbons (Fsp3) is 0.368. The molecule has 2 atom stereocenters. The van der Waals surface area contributed by atoms with Crippen LogP contribution in [-0.4, -0.2) is 39.8 Å². The zero-order chi connectivity index (χ0) is 17.6. The first-order chi connectivity index (χ1) is 12.0. The van der Waals surface area contributed by atoms with Crippen LogP contribution < -0.4 is 4.90 Å². The van der Waals surface area contributed by atoms with Crippen molar-refractivity contribution < 1.29 is 5.11 Å².